The molecule has 0 spiro atoms. The van der Waals surface area contributed by atoms with Crippen LogP contribution in [0.4, 0.5) is 5.69 Å². The molecule has 3 aromatic carbocycles. The lowest BCUT2D eigenvalue weighted by Gasteiger charge is -2.30. The summed E-state index contributed by atoms with van der Waals surface area (Å²) < 4.78 is 22.3. The first-order chi connectivity index (χ1) is 20.4. The number of ether oxygens (including phenoxy) is 4. The van der Waals surface area contributed by atoms with Crippen molar-refractivity contribution < 1.29 is 28.5 Å². The molecule has 8 nitrogen and oxygen atoms in total. The van der Waals surface area contributed by atoms with Gasteiger partial charge in [-0.25, -0.2) is 0 Å². The molecule has 0 unspecified atom stereocenters. The zero-order valence-corrected chi connectivity index (χ0v) is 25.1. The maximum Gasteiger partial charge on any atom is 0.311 e. The van der Waals surface area contributed by atoms with Gasteiger partial charge >= 0.3 is 5.97 Å². The molecule has 42 heavy (non-hydrogen) atoms. The van der Waals surface area contributed by atoms with Crippen molar-refractivity contribution in [1.82, 2.24) is 4.90 Å². The van der Waals surface area contributed by atoms with Gasteiger partial charge in [0.25, 0.3) is 0 Å². The van der Waals surface area contributed by atoms with Gasteiger partial charge in [0.15, 0.2) is 11.5 Å². The van der Waals surface area contributed by atoms with Gasteiger partial charge in [-0.2, -0.15) is 0 Å². The van der Waals surface area contributed by atoms with E-state index >= 15 is 0 Å². The minimum absolute atomic E-state index is 0.0296. The third-order valence-corrected chi connectivity index (χ3v) is 8.45. The van der Waals surface area contributed by atoms with Crippen LogP contribution in [0.1, 0.15) is 55.0 Å². The Morgan fingerprint density at radius 2 is 1.60 bits per heavy atom. The molecular weight excluding hydrogens is 532 g/mol. The molecular formula is C34H40N2O6. The number of amides is 1. The van der Waals surface area contributed by atoms with Gasteiger partial charge < -0.3 is 23.8 Å². The monoisotopic (exact) mass is 572 g/mol. The number of benzene rings is 3. The summed E-state index contributed by atoms with van der Waals surface area (Å²) in [6.45, 7) is 7.12. The second kappa shape index (κ2) is 12.9. The molecule has 3 aromatic rings. The molecule has 222 valence electrons. The number of hydrogen-bond acceptors (Lipinski definition) is 7. The predicted molar refractivity (Wildman–Crippen MR) is 161 cm³/mol. The fourth-order valence-electron chi connectivity index (χ4n) is 6.35. The van der Waals surface area contributed by atoms with Crippen LogP contribution < -0.4 is 19.1 Å². The van der Waals surface area contributed by atoms with Crippen LogP contribution >= 0.6 is 0 Å². The second-order valence-electron chi connectivity index (χ2n) is 10.7. The van der Waals surface area contributed by atoms with E-state index < -0.39 is 5.92 Å². The lowest BCUT2D eigenvalue weighted by molar-refractivity contribution is -0.149. The highest BCUT2D eigenvalue weighted by atomic mass is 16.7. The number of likely N-dealkylation sites (tertiary alicyclic amines) is 1. The number of likely N-dealkylation sites (N-methyl/N-ethyl adjacent to an activating group) is 1. The molecule has 0 aromatic heterocycles. The van der Waals surface area contributed by atoms with Gasteiger partial charge in [-0.3, -0.25) is 14.5 Å². The van der Waals surface area contributed by atoms with Gasteiger partial charge in [-0.1, -0.05) is 50.2 Å². The quantitative estimate of drug-likeness (QED) is 0.296. The van der Waals surface area contributed by atoms with Crippen molar-refractivity contribution in [1.29, 1.82) is 0 Å². The van der Waals surface area contributed by atoms with Gasteiger partial charge in [0.1, 0.15) is 5.75 Å². The number of methoxy groups -OCH3 is 1. The van der Waals surface area contributed by atoms with E-state index in [0.717, 1.165) is 46.5 Å². The molecule has 5 rings (SSSR count). The largest absolute Gasteiger partial charge is 0.497 e. The number of aryl methyl sites for hydroxylation is 2. The average molecular weight is 573 g/mol. The summed E-state index contributed by atoms with van der Waals surface area (Å²) in [6.07, 6.45) is 1.66. The average Bonchev–Trinajstić information content (AvgIpc) is 3.64. The highest BCUT2D eigenvalue weighted by molar-refractivity contribution is 5.96. The van der Waals surface area contributed by atoms with E-state index in [2.05, 4.69) is 36.9 Å². The van der Waals surface area contributed by atoms with E-state index in [0.29, 0.717) is 18.0 Å². The zero-order chi connectivity index (χ0) is 29.8. The van der Waals surface area contributed by atoms with E-state index in [4.69, 9.17) is 18.9 Å². The molecule has 2 heterocycles. The Morgan fingerprint density at radius 3 is 2.24 bits per heavy atom. The fraction of sp³-hybridized carbons (Fsp3) is 0.412. The summed E-state index contributed by atoms with van der Waals surface area (Å²) >= 11 is 0. The van der Waals surface area contributed by atoms with E-state index in [1.54, 1.807) is 12.0 Å². The van der Waals surface area contributed by atoms with Gasteiger partial charge in [0, 0.05) is 31.2 Å². The molecule has 0 radical (unpaired) electrons. The Kier molecular flexibility index (Phi) is 9.02. The topological polar surface area (TPSA) is 77.5 Å². The molecule has 1 fully saturated rings. The minimum Gasteiger partial charge on any atom is -0.497 e. The summed E-state index contributed by atoms with van der Waals surface area (Å²) in [5.74, 6) is 0.998. The van der Waals surface area contributed by atoms with Gasteiger partial charge in [-0.05, 0) is 66.3 Å². The molecule has 0 aliphatic carbocycles. The number of fused-ring (bicyclic) bond motifs is 1. The van der Waals surface area contributed by atoms with E-state index in [-0.39, 0.29) is 43.8 Å². The Morgan fingerprint density at radius 1 is 0.929 bits per heavy atom. The highest BCUT2D eigenvalue weighted by Gasteiger charge is 2.49. The number of rotatable bonds is 10. The van der Waals surface area contributed by atoms with Crippen LogP contribution in [-0.2, 0) is 27.2 Å². The summed E-state index contributed by atoms with van der Waals surface area (Å²) in [6, 6.07) is 19.4. The lowest BCUT2D eigenvalue weighted by Crippen LogP contribution is -2.40. The normalized spacial score (nSPS) is 19.5. The number of anilines is 1. The van der Waals surface area contributed by atoms with E-state index in [1.807, 2.05) is 56.4 Å². The molecule has 2 aliphatic rings. The maximum absolute atomic E-state index is 14.0. The van der Waals surface area contributed by atoms with Crippen molar-refractivity contribution >= 4 is 17.6 Å². The Balaban J connectivity index is 1.54. The second-order valence-corrected chi connectivity index (χ2v) is 10.7. The van der Waals surface area contributed by atoms with Gasteiger partial charge in [0.2, 0.25) is 12.7 Å². The molecule has 1 saturated heterocycles. The van der Waals surface area contributed by atoms with Crippen molar-refractivity contribution in [2.75, 3.05) is 45.5 Å². The van der Waals surface area contributed by atoms with Crippen LogP contribution in [0, 0.1) is 5.92 Å². The Bertz CT molecular complexity index is 1400. The highest BCUT2D eigenvalue weighted by Crippen LogP contribution is 2.48. The third-order valence-electron chi connectivity index (χ3n) is 8.45. The Hall–Kier alpha value is -4.04. The molecule has 0 bridgehead atoms. The fourth-order valence-corrected chi connectivity index (χ4v) is 6.35. The number of para-hydroxylation sites is 1. The zero-order valence-electron chi connectivity index (χ0n) is 25.1. The van der Waals surface area contributed by atoms with E-state index in [9.17, 15) is 9.59 Å². The number of esters is 1. The third kappa shape index (κ3) is 5.68. The van der Waals surface area contributed by atoms with Crippen LogP contribution in [0.5, 0.6) is 17.2 Å². The van der Waals surface area contributed by atoms with Crippen molar-refractivity contribution in [2.45, 2.75) is 45.6 Å². The summed E-state index contributed by atoms with van der Waals surface area (Å²) in [4.78, 5) is 31.6. The van der Waals surface area contributed by atoms with Gasteiger partial charge in [0.05, 0.1) is 26.2 Å². The molecule has 0 saturated carbocycles. The predicted octanol–water partition coefficient (Wildman–Crippen LogP) is 5.53. The standard InChI is InChI=1S/C34H40N2O6/c1-6-22-10-9-11-23(7-2)32(22)35(4)30(37)20-36-19-27(25-14-17-28-29(18-25)42-21-41-28)31(34(38)40-8-3)33(36)24-12-15-26(39-5)16-13-24/h9-18,27,31,33H,6-8,19-21H2,1-5H3/t27-,31-,33+/m1/s1. The number of nitrogens with zero attached hydrogens (tertiary/aromatic N) is 2. The van der Waals surface area contributed by atoms with Crippen molar-refractivity contribution in [2.24, 2.45) is 5.92 Å². The van der Waals surface area contributed by atoms with Crippen molar-refractivity contribution in [3.8, 4) is 17.2 Å². The van der Waals surface area contributed by atoms with E-state index in [1.165, 1.54) is 0 Å². The first kappa shape index (κ1) is 29.5. The minimum atomic E-state index is -0.536. The maximum atomic E-state index is 14.0. The van der Waals surface area contributed by atoms with Crippen molar-refractivity contribution in [3.63, 3.8) is 0 Å². The summed E-state index contributed by atoms with van der Waals surface area (Å²) in [5.41, 5.74) is 5.13. The van der Waals surface area contributed by atoms with Crippen LogP contribution in [0.15, 0.2) is 60.7 Å². The van der Waals surface area contributed by atoms with Crippen molar-refractivity contribution in [3.05, 3.63) is 82.9 Å². The Labute approximate surface area is 248 Å². The summed E-state index contributed by atoms with van der Waals surface area (Å²) in [7, 11) is 3.48. The van der Waals surface area contributed by atoms with Crippen LogP contribution in [-0.4, -0.2) is 57.4 Å². The number of hydrogen-bond donors (Lipinski definition) is 0. The molecule has 3 atom stereocenters. The lowest BCUT2D eigenvalue weighted by atomic mass is 9.82. The SMILES string of the molecule is CCOC(=O)[C@@H]1[C@@H](c2ccc3c(c2)OCO3)CN(CC(=O)N(C)c2c(CC)cccc2CC)[C@H]1c1ccc(OC)cc1. The number of carbonyl (C=O) groups excluding carboxylic acids is 2. The van der Waals surface area contributed by atoms with Gasteiger partial charge in [-0.15, -0.1) is 0 Å². The smallest absolute Gasteiger partial charge is 0.311 e. The first-order valence-corrected chi connectivity index (χ1v) is 14.7. The molecule has 0 N–H and O–H groups in total. The number of carbonyl (C=O) groups is 2. The molecule has 2 aliphatic heterocycles. The van der Waals surface area contributed by atoms with Crippen LogP contribution in [0.2, 0.25) is 0 Å². The van der Waals surface area contributed by atoms with Crippen LogP contribution in [0.3, 0.4) is 0 Å². The molecule has 8 heteroatoms. The van der Waals surface area contributed by atoms with Crippen LogP contribution in [0.25, 0.3) is 0 Å². The molecule has 1 amide bonds. The summed E-state index contributed by atoms with van der Waals surface area (Å²) in [5, 5.41) is 0. The first-order valence-electron chi connectivity index (χ1n) is 14.7.